The molecule has 0 heterocycles. The maximum atomic E-state index is 12.4. The molecule has 12 nitrogen and oxygen atoms in total. The molecular formula is C15H27N5O7S. The van der Waals surface area contributed by atoms with Crippen LogP contribution < -0.4 is 27.4 Å². The molecule has 160 valence electrons. The number of aliphatic carboxylic acids is 1. The minimum absolute atomic E-state index is 0.138. The van der Waals surface area contributed by atoms with E-state index in [4.69, 9.17) is 16.6 Å². The minimum atomic E-state index is -1.57. The van der Waals surface area contributed by atoms with E-state index in [9.17, 15) is 29.1 Å². The molecule has 4 atom stereocenters. The highest BCUT2D eigenvalue weighted by atomic mass is 32.2. The Morgan fingerprint density at radius 2 is 1.61 bits per heavy atom. The largest absolute Gasteiger partial charge is 0.480 e. The van der Waals surface area contributed by atoms with Gasteiger partial charge >= 0.3 is 5.97 Å². The molecule has 0 bridgehead atoms. The van der Waals surface area contributed by atoms with Crippen molar-refractivity contribution in [2.24, 2.45) is 11.5 Å². The number of amides is 4. The zero-order chi connectivity index (χ0) is 21.9. The molecule has 4 amide bonds. The third-order valence-corrected chi connectivity index (χ3v) is 4.18. The molecule has 0 radical (unpaired) electrons. The second-order valence-electron chi connectivity index (χ2n) is 5.90. The van der Waals surface area contributed by atoms with Crippen molar-refractivity contribution in [1.29, 1.82) is 0 Å². The number of aliphatic hydroxyl groups excluding tert-OH is 1. The van der Waals surface area contributed by atoms with Crippen molar-refractivity contribution in [3.63, 3.8) is 0 Å². The summed E-state index contributed by atoms with van der Waals surface area (Å²) in [6.45, 7) is 0.771. The first-order chi connectivity index (χ1) is 13.0. The summed E-state index contributed by atoms with van der Waals surface area (Å²) < 4.78 is 0. The molecule has 0 aromatic carbocycles. The molecule has 0 fully saturated rings. The lowest BCUT2D eigenvalue weighted by Gasteiger charge is -2.24. The van der Waals surface area contributed by atoms with Crippen LogP contribution in [0.1, 0.15) is 19.8 Å². The summed E-state index contributed by atoms with van der Waals surface area (Å²) in [6, 6.07) is -4.07. The standard InChI is InChI=1S/C15H27N5O7S/c1-7(21)12(15(26)27)20-13(24)8(3-4-28-2)19-14(25)9(5-10(17)22)18-11(23)6-16/h7-9,12,21H,3-6,16H2,1-2H3,(H2,17,22)(H,18,23)(H,19,25)(H,20,24)(H,26,27). The average Bonchev–Trinajstić information content (AvgIpc) is 2.60. The molecule has 13 heteroatoms. The third kappa shape index (κ3) is 9.53. The number of hydrogen-bond acceptors (Lipinski definition) is 8. The predicted molar refractivity (Wildman–Crippen MR) is 101 cm³/mol. The fraction of sp³-hybridized carbons (Fsp3) is 0.667. The van der Waals surface area contributed by atoms with Gasteiger partial charge < -0.3 is 37.6 Å². The van der Waals surface area contributed by atoms with Crippen molar-refractivity contribution >= 4 is 41.4 Å². The maximum absolute atomic E-state index is 12.4. The summed E-state index contributed by atoms with van der Waals surface area (Å²) >= 11 is 1.38. The summed E-state index contributed by atoms with van der Waals surface area (Å²) in [4.78, 5) is 58.6. The van der Waals surface area contributed by atoms with Gasteiger partial charge in [0.05, 0.1) is 19.1 Å². The van der Waals surface area contributed by atoms with E-state index >= 15 is 0 Å². The lowest BCUT2D eigenvalue weighted by Crippen LogP contribution is -2.58. The second-order valence-corrected chi connectivity index (χ2v) is 6.89. The van der Waals surface area contributed by atoms with Crippen LogP contribution in [0.3, 0.4) is 0 Å². The number of carbonyl (C=O) groups is 5. The van der Waals surface area contributed by atoms with Crippen LogP contribution >= 0.6 is 11.8 Å². The van der Waals surface area contributed by atoms with Crippen LogP contribution in [0.4, 0.5) is 0 Å². The molecule has 9 N–H and O–H groups in total. The minimum Gasteiger partial charge on any atom is -0.480 e. The van der Waals surface area contributed by atoms with Crippen molar-refractivity contribution in [2.75, 3.05) is 18.6 Å². The van der Waals surface area contributed by atoms with Crippen LogP contribution in [0.5, 0.6) is 0 Å². The van der Waals surface area contributed by atoms with Crippen molar-refractivity contribution in [1.82, 2.24) is 16.0 Å². The Labute approximate surface area is 166 Å². The Balaban J connectivity index is 5.32. The van der Waals surface area contributed by atoms with Crippen LogP contribution in [-0.2, 0) is 24.0 Å². The first-order valence-corrected chi connectivity index (χ1v) is 9.71. The summed E-state index contributed by atoms with van der Waals surface area (Å²) in [5.41, 5.74) is 10.2. The molecular weight excluding hydrogens is 394 g/mol. The number of carboxylic acid groups (broad SMARTS) is 1. The van der Waals surface area contributed by atoms with Gasteiger partial charge in [-0.1, -0.05) is 0 Å². The Morgan fingerprint density at radius 1 is 1.04 bits per heavy atom. The van der Waals surface area contributed by atoms with E-state index in [0.717, 1.165) is 0 Å². The SMILES string of the molecule is CSCCC(NC(=O)C(CC(N)=O)NC(=O)CN)C(=O)NC(C(=O)O)C(C)O. The zero-order valence-electron chi connectivity index (χ0n) is 15.6. The Kier molecular flexibility index (Phi) is 11.8. The molecule has 4 unspecified atom stereocenters. The van der Waals surface area contributed by atoms with Crippen LogP contribution in [0.15, 0.2) is 0 Å². The number of nitrogens with two attached hydrogens (primary N) is 2. The van der Waals surface area contributed by atoms with Gasteiger partial charge in [-0.2, -0.15) is 11.8 Å². The van der Waals surface area contributed by atoms with E-state index in [1.807, 2.05) is 0 Å². The molecule has 0 saturated carbocycles. The highest BCUT2D eigenvalue weighted by Gasteiger charge is 2.31. The summed E-state index contributed by atoms with van der Waals surface area (Å²) in [6.07, 6.45) is 0.0212. The normalized spacial score (nSPS) is 14.9. The summed E-state index contributed by atoms with van der Waals surface area (Å²) in [5, 5.41) is 25.3. The lowest BCUT2D eigenvalue weighted by atomic mass is 10.1. The number of aliphatic hydroxyl groups is 1. The van der Waals surface area contributed by atoms with Crippen LogP contribution in [0.25, 0.3) is 0 Å². The fourth-order valence-electron chi connectivity index (χ4n) is 2.08. The smallest absolute Gasteiger partial charge is 0.328 e. The van der Waals surface area contributed by atoms with Gasteiger partial charge in [-0.15, -0.1) is 0 Å². The van der Waals surface area contributed by atoms with E-state index in [-0.39, 0.29) is 6.42 Å². The monoisotopic (exact) mass is 421 g/mol. The highest BCUT2D eigenvalue weighted by Crippen LogP contribution is 2.04. The van der Waals surface area contributed by atoms with Gasteiger partial charge in [-0.25, -0.2) is 4.79 Å². The molecule has 0 aliphatic heterocycles. The Hall–Kier alpha value is -2.38. The van der Waals surface area contributed by atoms with Gasteiger partial charge in [0.15, 0.2) is 6.04 Å². The van der Waals surface area contributed by atoms with E-state index in [1.165, 1.54) is 18.7 Å². The molecule has 0 saturated heterocycles. The van der Waals surface area contributed by atoms with E-state index in [1.54, 1.807) is 6.26 Å². The first-order valence-electron chi connectivity index (χ1n) is 8.31. The van der Waals surface area contributed by atoms with Gasteiger partial charge in [-0.3, -0.25) is 19.2 Å². The molecule has 0 spiro atoms. The van der Waals surface area contributed by atoms with Crippen LogP contribution in [0, 0.1) is 0 Å². The van der Waals surface area contributed by atoms with Crippen molar-refractivity contribution in [2.45, 2.75) is 44.0 Å². The van der Waals surface area contributed by atoms with E-state index in [0.29, 0.717) is 5.75 Å². The molecule has 0 aliphatic rings. The van der Waals surface area contributed by atoms with Gasteiger partial charge in [-0.05, 0) is 25.4 Å². The topological polar surface area (TPSA) is 214 Å². The summed E-state index contributed by atoms with van der Waals surface area (Å²) in [5.74, 6) is -4.25. The lowest BCUT2D eigenvalue weighted by molar-refractivity contribution is -0.145. The molecule has 0 aromatic heterocycles. The van der Waals surface area contributed by atoms with Gasteiger partial charge in [0.2, 0.25) is 23.6 Å². The number of carboxylic acids is 1. The maximum Gasteiger partial charge on any atom is 0.328 e. The predicted octanol–water partition coefficient (Wildman–Crippen LogP) is -3.51. The highest BCUT2D eigenvalue weighted by molar-refractivity contribution is 7.98. The van der Waals surface area contributed by atoms with Gasteiger partial charge in [0.25, 0.3) is 0 Å². The fourth-order valence-corrected chi connectivity index (χ4v) is 2.55. The third-order valence-electron chi connectivity index (χ3n) is 3.53. The van der Waals surface area contributed by atoms with Gasteiger partial charge in [0.1, 0.15) is 12.1 Å². The molecule has 0 aliphatic carbocycles. The number of thioether (sulfide) groups is 1. The molecule has 28 heavy (non-hydrogen) atoms. The Morgan fingerprint density at radius 3 is 2.04 bits per heavy atom. The number of rotatable bonds is 13. The number of hydrogen-bond donors (Lipinski definition) is 7. The quantitative estimate of drug-likeness (QED) is 0.157. The average molecular weight is 421 g/mol. The van der Waals surface area contributed by atoms with Crippen LogP contribution in [0.2, 0.25) is 0 Å². The molecule has 0 rings (SSSR count). The molecule has 0 aromatic rings. The number of primary amides is 1. The second kappa shape index (κ2) is 12.9. The Bertz CT molecular complexity index is 587. The van der Waals surface area contributed by atoms with E-state index in [2.05, 4.69) is 16.0 Å². The van der Waals surface area contributed by atoms with Crippen molar-refractivity contribution < 1.29 is 34.2 Å². The van der Waals surface area contributed by atoms with Crippen molar-refractivity contribution in [3.8, 4) is 0 Å². The van der Waals surface area contributed by atoms with Gasteiger partial charge in [0, 0.05) is 0 Å². The summed E-state index contributed by atoms with van der Waals surface area (Å²) in [7, 11) is 0. The van der Waals surface area contributed by atoms with E-state index < -0.39 is 66.8 Å². The first kappa shape index (κ1) is 25.6. The van der Waals surface area contributed by atoms with Crippen molar-refractivity contribution in [3.05, 3.63) is 0 Å². The number of nitrogens with one attached hydrogen (secondary N) is 3. The zero-order valence-corrected chi connectivity index (χ0v) is 16.5. The van der Waals surface area contributed by atoms with Crippen LogP contribution in [-0.4, -0.2) is 82.6 Å². The number of carbonyl (C=O) groups excluding carboxylic acids is 4.